The van der Waals surface area contributed by atoms with E-state index >= 15 is 0 Å². The van der Waals surface area contributed by atoms with Crippen molar-refractivity contribution in [3.8, 4) is 0 Å². The van der Waals surface area contributed by atoms with Gasteiger partial charge in [0, 0.05) is 13.0 Å². The van der Waals surface area contributed by atoms with Gasteiger partial charge in [0.15, 0.2) is 0 Å². The van der Waals surface area contributed by atoms with E-state index in [0.29, 0.717) is 18.4 Å². The van der Waals surface area contributed by atoms with Crippen LogP contribution in [0.5, 0.6) is 0 Å². The molecule has 2 rings (SSSR count). The summed E-state index contributed by atoms with van der Waals surface area (Å²) in [6.07, 6.45) is 4.55. The minimum atomic E-state index is -1.08. The quantitative estimate of drug-likeness (QED) is 0.128. The number of aryl methyl sites for hydroxylation is 1. The van der Waals surface area contributed by atoms with Crippen LogP contribution in [-0.2, 0) is 30.3 Å². The van der Waals surface area contributed by atoms with Gasteiger partial charge in [-0.2, -0.15) is 0 Å². The van der Waals surface area contributed by atoms with Crippen molar-refractivity contribution in [2.45, 2.75) is 150 Å². The third-order valence-electron chi connectivity index (χ3n) is 8.27. The molecule has 9 heteroatoms. The van der Waals surface area contributed by atoms with Gasteiger partial charge < -0.3 is 25.0 Å². The second-order valence-electron chi connectivity index (χ2n) is 15.8. The first-order valence-electron chi connectivity index (χ1n) is 18.3. The smallest absolute Gasteiger partial charge is 0.408 e. The molecule has 0 aromatic heterocycles. The molecule has 0 bridgehead atoms. The Balaban J connectivity index is 2.69. The Labute approximate surface area is 301 Å². The van der Waals surface area contributed by atoms with Gasteiger partial charge in [-0.1, -0.05) is 95.0 Å². The number of carbonyl (C=O) groups is 4. The van der Waals surface area contributed by atoms with Crippen molar-refractivity contribution in [1.82, 2.24) is 15.5 Å². The van der Waals surface area contributed by atoms with E-state index in [0.717, 1.165) is 42.4 Å². The van der Waals surface area contributed by atoms with Gasteiger partial charge in [0.25, 0.3) is 0 Å². The molecular formula is C41H63N3O6. The summed E-state index contributed by atoms with van der Waals surface area (Å²) >= 11 is 0. The molecule has 3 amide bonds. The third-order valence-corrected chi connectivity index (χ3v) is 8.27. The van der Waals surface area contributed by atoms with Crippen molar-refractivity contribution in [3.05, 3.63) is 70.8 Å². The molecule has 0 aliphatic rings. The minimum absolute atomic E-state index is 0.0562. The molecule has 3 unspecified atom stereocenters. The lowest BCUT2D eigenvalue weighted by Crippen LogP contribution is -2.55. The number of carbonyl (C=O) groups excluding carboxylic acids is 4. The van der Waals surface area contributed by atoms with Gasteiger partial charge in [-0.3, -0.25) is 9.59 Å². The van der Waals surface area contributed by atoms with Gasteiger partial charge in [0.1, 0.15) is 29.3 Å². The first kappa shape index (κ1) is 42.3. The summed E-state index contributed by atoms with van der Waals surface area (Å²) in [5, 5.41) is 5.84. The highest BCUT2D eigenvalue weighted by molar-refractivity contribution is 5.94. The maximum atomic E-state index is 14.8. The Hall–Kier alpha value is -3.88. The van der Waals surface area contributed by atoms with Crippen molar-refractivity contribution < 1.29 is 28.7 Å². The number of hydrogen-bond donors (Lipinski definition) is 2. The Morgan fingerprint density at radius 3 is 1.96 bits per heavy atom. The summed E-state index contributed by atoms with van der Waals surface area (Å²) in [5.74, 6) is -1.37. The molecule has 9 nitrogen and oxygen atoms in total. The number of unbranched alkanes of at least 4 members (excludes halogenated alkanes) is 4. The maximum Gasteiger partial charge on any atom is 0.408 e. The van der Waals surface area contributed by atoms with Crippen molar-refractivity contribution in [1.29, 1.82) is 0 Å². The van der Waals surface area contributed by atoms with Crippen LogP contribution < -0.4 is 10.6 Å². The predicted molar refractivity (Wildman–Crippen MR) is 200 cm³/mol. The molecule has 50 heavy (non-hydrogen) atoms. The van der Waals surface area contributed by atoms with E-state index in [-0.39, 0.29) is 24.8 Å². The number of hydrogen-bond acceptors (Lipinski definition) is 6. The van der Waals surface area contributed by atoms with E-state index in [1.165, 1.54) is 0 Å². The number of rotatable bonds is 17. The van der Waals surface area contributed by atoms with Gasteiger partial charge in [-0.15, -0.1) is 0 Å². The summed E-state index contributed by atoms with van der Waals surface area (Å²) in [4.78, 5) is 57.9. The normalized spacial score (nSPS) is 13.6. The van der Waals surface area contributed by atoms with Crippen LogP contribution in [0.25, 0.3) is 0 Å². The molecule has 0 fully saturated rings. The molecule has 3 atom stereocenters. The van der Waals surface area contributed by atoms with Gasteiger partial charge >= 0.3 is 12.1 Å². The second kappa shape index (κ2) is 19.5. The van der Waals surface area contributed by atoms with Crippen molar-refractivity contribution in [2.75, 3.05) is 6.54 Å². The first-order chi connectivity index (χ1) is 23.3. The standard InChI is InChI=1S/C41H63N3O6/c1-12-13-14-15-19-25-44(37(46)33(26-28(2)3)43-39(48)50-41(9,10)11)35(32-24-20-21-29(4)30(32)5)36(45)42-34(38(47)49-40(6,7)8)27-31-22-17-16-18-23-31/h16-18,20-24,28,33-35H,12-15,19,25-27H2,1-11H3,(H,42,45)(H,43,48). The molecule has 0 spiro atoms. The number of esters is 1. The lowest BCUT2D eigenvalue weighted by atomic mass is 9.93. The molecule has 0 heterocycles. The molecule has 278 valence electrons. The third kappa shape index (κ3) is 14.5. The monoisotopic (exact) mass is 693 g/mol. The van der Waals surface area contributed by atoms with Crippen LogP contribution in [0.1, 0.15) is 129 Å². The molecular weight excluding hydrogens is 630 g/mol. The van der Waals surface area contributed by atoms with E-state index in [4.69, 9.17) is 9.47 Å². The molecule has 2 aromatic rings. The van der Waals surface area contributed by atoms with E-state index in [2.05, 4.69) is 17.6 Å². The summed E-state index contributed by atoms with van der Waals surface area (Å²) < 4.78 is 11.3. The average Bonchev–Trinajstić information content (AvgIpc) is 2.99. The Morgan fingerprint density at radius 1 is 0.760 bits per heavy atom. The number of amides is 3. The lowest BCUT2D eigenvalue weighted by Gasteiger charge is -2.36. The topological polar surface area (TPSA) is 114 Å². The van der Waals surface area contributed by atoms with Crippen LogP contribution in [0.15, 0.2) is 48.5 Å². The number of nitrogens with zero attached hydrogens (tertiary/aromatic N) is 1. The number of benzene rings is 2. The highest BCUT2D eigenvalue weighted by atomic mass is 16.6. The fraction of sp³-hybridized carbons (Fsp3) is 0.610. The van der Waals surface area contributed by atoms with E-state index in [9.17, 15) is 19.2 Å². The Kier molecular flexibility index (Phi) is 16.5. The minimum Gasteiger partial charge on any atom is -0.458 e. The van der Waals surface area contributed by atoms with Crippen molar-refractivity contribution >= 4 is 23.9 Å². The molecule has 0 aliphatic carbocycles. The fourth-order valence-corrected chi connectivity index (χ4v) is 5.78. The second-order valence-corrected chi connectivity index (χ2v) is 15.8. The fourth-order valence-electron chi connectivity index (χ4n) is 5.78. The van der Waals surface area contributed by atoms with Gasteiger partial charge in [0.05, 0.1) is 0 Å². The van der Waals surface area contributed by atoms with Crippen LogP contribution >= 0.6 is 0 Å². The summed E-state index contributed by atoms with van der Waals surface area (Å²) in [5.41, 5.74) is 1.82. The zero-order chi connectivity index (χ0) is 37.6. The van der Waals surface area contributed by atoms with Crippen molar-refractivity contribution in [2.24, 2.45) is 5.92 Å². The highest BCUT2D eigenvalue weighted by Crippen LogP contribution is 2.29. The zero-order valence-electron chi connectivity index (χ0n) is 32.5. The molecule has 0 saturated heterocycles. The maximum absolute atomic E-state index is 14.8. The highest BCUT2D eigenvalue weighted by Gasteiger charge is 2.39. The lowest BCUT2D eigenvalue weighted by molar-refractivity contribution is -0.159. The molecule has 0 aliphatic heterocycles. The zero-order valence-corrected chi connectivity index (χ0v) is 32.5. The van der Waals surface area contributed by atoms with Crippen LogP contribution in [0.2, 0.25) is 0 Å². The average molecular weight is 694 g/mol. The van der Waals surface area contributed by atoms with Crippen LogP contribution in [0, 0.1) is 19.8 Å². The Bertz CT molecular complexity index is 1390. The SMILES string of the molecule is CCCCCCCN(C(=O)C(CC(C)C)NC(=O)OC(C)(C)C)C(C(=O)NC(Cc1ccccc1)C(=O)OC(C)(C)C)c1cccc(C)c1C. The van der Waals surface area contributed by atoms with E-state index in [1.54, 1.807) is 46.4 Å². The molecule has 0 saturated carbocycles. The summed E-state index contributed by atoms with van der Waals surface area (Å²) in [7, 11) is 0. The predicted octanol–water partition coefficient (Wildman–Crippen LogP) is 8.15. The van der Waals surface area contributed by atoms with Gasteiger partial charge in [0.2, 0.25) is 11.8 Å². The van der Waals surface area contributed by atoms with Gasteiger partial charge in [-0.05, 0) is 96.4 Å². The summed E-state index contributed by atoms with van der Waals surface area (Å²) in [6.45, 7) is 21.0. The van der Waals surface area contributed by atoms with Gasteiger partial charge in [-0.25, -0.2) is 9.59 Å². The molecule has 0 radical (unpaired) electrons. The van der Waals surface area contributed by atoms with Crippen molar-refractivity contribution in [3.63, 3.8) is 0 Å². The number of ether oxygens (including phenoxy) is 2. The number of alkyl carbamates (subject to hydrolysis) is 1. The van der Waals surface area contributed by atoms with Crippen LogP contribution in [0.3, 0.4) is 0 Å². The van der Waals surface area contributed by atoms with E-state index < -0.39 is 47.3 Å². The van der Waals surface area contributed by atoms with E-state index in [1.807, 2.05) is 76.2 Å². The first-order valence-corrected chi connectivity index (χ1v) is 18.3. The van der Waals surface area contributed by atoms with Crippen LogP contribution in [-0.4, -0.2) is 58.6 Å². The molecule has 2 N–H and O–H groups in total. The Morgan fingerprint density at radius 2 is 1.38 bits per heavy atom. The largest absolute Gasteiger partial charge is 0.458 e. The number of nitrogens with one attached hydrogen (secondary N) is 2. The van der Waals surface area contributed by atoms with Crippen LogP contribution in [0.4, 0.5) is 4.79 Å². The molecule has 2 aromatic carbocycles. The summed E-state index contributed by atoms with van der Waals surface area (Å²) in [6, 6.07) is 12.1.